The molecule has 4 heteroatoms. The SMILES string of the molecule is [B]c1cc(C(=O)OCC)sc1C. The average molecular weight is 180 g/mol. The molecule has 1 aromatic rings. The summed E-state index contributed by atoms with van der Waals surface area (Å²) in [5, 5.41) is 0. The number of rotatable bonds is 2. The molecule has 0 N–H and O–H groups in total. The van der Waals surface area contributed by atoms with Crippen molar-refractivity contribution in [2.45, 2.75) is 13.8 Å². The number of hydrogen-bond acceptors (Lipinski definition) is 3. The molecule has 0 saturated carbocycles. The molecule has 0 atom stereocenters. The molecule has 12 heavy (non-hydrogen) atoms. The van der Waals surface area contributed by atoms with Gasteiger partial charge >= 0.3 is 5.97 Å². The lowest BCUT2D eigenvalue weighted by Crippen LogP contribution is -2.04. The van der Waals surface area contributed by atoms with Gasteiger partial charge in [0, 0.05) is 0 Å². The van der Waals surface area contributed by atoms with E-state index in [1.165, 1.54) is 11.3 Å². The van der Waals surface area contributed by atoms with Crippen LogP contribution in [0.1, 0.15) is 21.5 Å². The van der Waals surface area contributed by atoms with Crippen molar-refractivity contribution in [3.63, 3.8) is 0 Å². The van der Waals surface area contributed by atoms with Crippen molar-refractivity contribution in [3.8, 4) is 0 Å². The second-order valence-electron chi connectivity index (χ2n) is 2.34. The van der Waals surface area contributed by atoms with E-state index in [4.69, 9.17) is 12.6 Å². The van der Waals surface area contributed by atoms with Crippen LogP contribution in [0.3, 0.4) is 0 Å². The summed E-state index contributed by atoms with van der Waals surface area (Å²) in [6, 6.07) is 1.65. The van der Waals surface area contributed by atoms with Gasteiger partial charge in [-0.1, -0.05) is 5.46 Å². The van der Waals surface area contributed by atoms with Crippen LogP contribution in [0.5, 0.6) is 0 Å². The van der Waals surface area contributed by atoms with Crippen LogP contribution in [-0.4, -0.2) is 20.4 Å². The smallest absolute Gasteiger partial charge is 0.348 e. The Kier molecular flexibility index (Phi) is 2.92. The predicted octanol–water partition coefficient (Wildman–Crippen LogP) is 1.03. The molecule has 0 saturated heterocycles. The molecule has 0 unspecified atom stereocenters. The standard InChI is InChI=1S/C8H9BO2S/c1-3-11-8(10)7-4-6(9)5(2)12-7/h4H,3H2,1-2H3. The molecule has 1 aromatic heterocycles. The van der Waals surface area contributed by atoms with E-state index in [0.717, 1.165) is 4.88 Å². The minimum absolute atomic E-state index is 0.290. The molecule has 0 aliphatic heterocycles. The van der Waals surface area contributed by atoms with Gasteiger partial charge in [0.2, 0.25) is 0 Å². The second kappa shape index (κ2) is 3.76. The summed E-state index contributed by atoms with van der Waals surface area (Å²) in [5.41, 5.74) is 0.656. The highest BCUT2D eigenvalue weighted by Gasteiger charge is 2.09. The van der Waals surface area contributed by atoms with Crippen LogP contribution in [-0.2, 0) is 4.74 Å². The van der Waals surface area contributed by atoms with Crippen molar-refractivity contribution >= 4 is 30.6 Å². The Hall–Kier alpha value is -0.765. The predicted molar refractivity (Wildman–Crippen MR) is 50.4 cm³/mol. The molecule has 0 amide bonds. The van der Waals surface area contributed by atoms with E-state index in [9.17, 15) is 4.79 Å². The Bertz CT molecular complexity index is 274. The van der Waals surface area contributed by atoms with E-state index in [-0.39, 0.29) is 5.97 Å². The summed E-state index contributed by atoms with van der Waals surface area (Å²) < 4.78 is 4.81. The van der Waals surface area contributed by atoms with Crippen molar-refractivity contribution in [2.24, 2.45) is 0 Å². The fraction of sp³-hybridized carbons (Fsp3) is 0.375. The van der Waals surface area contributed by atoms with Gasteiger partial charge in [-0.2, -0.15) is 0 Å². The molecule has 1 rings (SSSR count). The zero-order chi connectivity index (χ0) is 9.14. The second-order valence-corrected chi connectivity index (χ2v) is 3.60. The zero-order valence-electron chi connectivity index (χ0n) is 7.09. The third-order valence-electron chi connectivity index (χ3n) is 1.43. The van der Waals surface area contributed by atoms with Crippen LogP contribution in [0.4, 0.5) is 0 Å². The molecule has 2 nitrogen and oxygen atoms in total. The molecule has 62 valence electrons. The average Bonchev–Trinajstić information content (AvgIpc) is 2.33. The van der Waals surface area contributed by atoms with Crippen molar-refractivity contribution in [1.29, 1.82) is 0 Å². The molecular weight excluding hydrogens is 171 g/mol. The number of hydrogen-bond donors (Lipinski definition) is 0. The summed E-state index contributed by atoms with van der Waals surface area (Å²) in [4.78, 5) is 12.7. The molecule has 0 aliphatic rings. The van der Waals surface area contributed by atoms with E-state index in [2.05, 4.69) is 0 Å². The number of ether oxygens (including phenoxy) is 1. The molecule has 2 radical (unpaired) electrons. The van der Waals surface area contributed by atoms with Crippen molar-refractivity contribution < 1.29 is 9.53 Å². The van der Waals surface area contributed by atoms with E-state index in [1.54, 1.807) is 13.0 Å². The highest BCUT2D eigenvalue weighted by molar-refractivity contribution is 7.14. The highest BCUT2D eigenvalue weighted by atomic mass is 32.1. The fourth-order valence-electron chi connectivity index (χ4n) is 0.799. The topological polar surface area (TPSA) is 26.3 Å². The molecule has 0 aromatic carbocycles. The fourth-order valence-corrected chi connectivity index (χ4v) is 1.63. The lowest BCUT2D eigenvalue weighted by Gasteiger charge is -1.96. The molecule has 0 fully saturated rings. The minimum atomic E-state index is -0.290. The Morgan fingerprint density at radius 2 is 2.42 bits per heavy atom. The third kappa shape index (κ3) is 1.88. The van der Waals surface area contributed by atoms with Gasteiger partial charge in [0.05, 0.1) is 6.61 Å². The van der Waals surface area contributed by atoms with Gasteiger partial charge in [0.15, 0.2) is 0 Å². The zero-order valence-corrected chi connectivity index (χ0v) is 7.90. The summed E-state index contributed by atoms with van der Waals surface area (Å²) in [6.45, 7) is 4.06. The first-order valence-electron chi connectivity index (χ1n) is 3.68. The van der Waals surface area contributed by atoms with Crippen molar-refractivity contribution in [1.82, 2.24) is 0 Å². The van der Waals surface area contributed by atoms with Gasteiger partial charge in [-0.3, -0.25) is 0 Å². The van der Waals surface area contributed by atoms with E-state index in [1.807, 2.05) is 6.92 Å². The maximum Gasteiger partial charge on any atom is 0.348 e. The van der Waals surface area contributed by atoms with Crippen LogP contribution in [0, 0.1) is 6.92 Å². The number of thiophene rings is 1. The lowest BCUT2D eigenvalue weighted by atomic mass is 9.97. The van der Waals surface area contributed by atoms with Gasteiger partial charge in [0.1, 0.15) is 12.7 Å². The first-order chi connectivity index (χ1) is 5.65. The molecule has 1 heterocycles. The molecule has 0 aliphatic carbocycles. The largest absolute Gasteiger partial charge is 0.462 e. The number of carbonyl (C=O) groups is 1. The first kappa shape index (κ1) is 9.32. The normalized spacial score (nSPS) is 9.83. The monoisotopic (exact) mass is 180 g/mol. The van der Waals surface area contributed by atoms with Gasteiger partial charge in [-0.25, -0.2) is 4.79 Å². The molecular formula is C8H9BO2S. The van der Waals surface area contributed by atoms with Crippen molar-refractivity contribution in [3.05, 3.63) is 15.8 Å². The number of aryl methyl sites for hydroxylation is 1. The van der Waals surface area contributed by atoms with Gasteiger partial charge in [-0.05, 0) is 24.8 Å². The third-order valence-corrected chi connectivity index (χ3v) is 2.48. The Balaban J connectivity index is 2.82. The number of carbonyl (C=O) groups excluding carboxylic acids is 1. The van der Waals surface area contributed by atoms with E-state index >= 15 is 0 Å². The Labute approximate surface area is 77.0 Å². The molecule has 0 bridgehead atoms. The minimum Gasteiger partial charge on any atom is -0.462 e. The Morgan fingerprint density at radius 3 is 2.83 bits per heavy atom. The van der Waals surface area contributed by atoms with Crippen molar-refractivity contribution in [2.75, 3.05) is 6.61 Å². The summed E-state index contributed by atoms with van der Waals surface area (Å²) in [5.74, 6) is -0.290. The van der Waals surface area contributed by atoms with Gasteiger partial charge in [0.25, 0.3) is 0 Å². The maximum absolute atomic E-state index is 11.1. The summed E-state index contributed by atoms with van der Waals surface area (Å²) in [6.07, 6.45) is 0. The van der Waals surface area contributed by atoms with E-state index in [0.29, 0.717) is 16.9 Å². The number of esters is 1. The van der Waals surface area contributed by atoms with Crippen LogP contribution in [0.25, 0.3) is 0 Å². The van der Waals surface area contributed by atoms with Gasteiger partial charge in [-0.15, -0.1) is 11.3 Å². The summed E-state index contributed by atoms with van der Waals surface area (Å²) >= 11 is 1.36. The lowest BCUT2D eigenvalue weighted by molar-refractivity contribution is 0.0532. The summed E-state index contributed by atoms with van der Waals surface area (Å²) in [7, 11) is 5.58. The Morgan fingerprint density at radius 1 is 1.75 bits per heavy atom. The van der Waals surface area contributed by atoms with Crippen LogP contribution < -0.4 is 5.46 Å². The van der Waals surface area contributed by atoms with Crippen LogP contribution in [0.2, 0.25) is 0 Å². The van der Waals surface area contributed by atoms with Gasteiger partial charge < -0.3 is 4.74 Å². The quantitative estimate of drug-likeness (QED) is 0.501. The highest BCUT2D eigenvalue weighted by Crippen LogP contribution is 2.13. The van der Waals surface area contributed by atoms with E-state index < -0.39 is 0 Å². The van der Waals surface area contributed by atoms with Crippen LogP contribution in [0.15, 0.2) is 6.07 Å². The molecule has 0 spiro atoms. The maximum atomic E-state index is 11.1. The first-order valence-corrected chi connectivity index (χ1v) is 4.49. The van der Waals surface area contributed by atoms with Crippen LogP contribution >= 0.6 is 11.3 Å².